The molecule has 0 bridgehead atoms. The Labute approximate surface area is 233 Å². The van der Waals surface area contributed by atoms with Gasteiger partial charge >= 0.3 is 0 Å². The number of carbonyl (C=O) groups is 2. The first-order valence-corrected chi connectivity index (χ1v) is 14.0. The van der Waals surface area contributed by atoms with Crippen molar-refractivity contribution >= 4 is 28.8 Å². The maximum atomic E-state index is 14.2. The summed E-state index contributed by atoms with van der Waals surface area (Å²) in [5.41, 5.74) is 1.09. The van der Waals surface area contributed by atoms with Gasteiger partial charge in [0.25, 0.3) is 0 Å². The molecule has 1 aliphatic carbocycles. The van der Waals surface area contributed by atoms with Gasteiger partial charge in [0.2, 0.25) is 17.6 Å². The summed E-state index contributed by atoms with van der Waals surface area (Å²) in [6.45, 7) is 0. The number of benzene rings is 2. The lowest BCUT2D eigenvalue weighted by atomic mass is 9.94. The molecule has 1 fully saturated rings. The molecule has 0 radical (unpaired) electrons. The number of thiophene rings is 1. The first kappa shape index (κ1) is 28.3. The molecule has 0 saturated heterocycles. The number of nitrogens with one attached hydrogen (secondary N) is 1. The zero-order valence-electron chi connectivity index (χ0n) is 22.9. The molecule has 39 heavy (non-hydrogen) atoms. The third kappa shape index (κ3) is 6.65. The van der Waals surface area contributed by atoms with Gasteiger partial charge in [-0.2, -0.15) is 0 Å². The molecule has 8 nitrogen and oxygen atoms in total. The maximum absolute atomic E-state index is 14.2. The number of amides is 2. The molecule has 1 aromatic heterocycles. The van der Waals surface area contributed by atoms with Crippen molar-refractivity contribution in [2.45, 2.75) is 50.6 Å². The van der Waals surface area contributed by atoms with Crippen LogP contribution < -0.4 is 29.2 Å². The van der Waals surface area contributed by atoms with Gasteiger partial charge in [-0.15, -0.1) is 11.3 Å². The summed E-state index contributed by atoms with van der Waals surface area (Å²) in [6.07, 6.45) is 5.27. The lowest BCUT2D eigenvalue weighted by molar-refractivity contribution is -0.127. The van der Waals surface area contributed by atoms with E-state index < -0.39 is 6.04 Å². The van der Waals surface area contributed by atoms with Crippen LogP contribution in [0.2, 0.25) is 0 Å². The van der Waals surface area contributed by atoms with Gasteiger partial charge in [-0.1, -0.05) is 31.4 Å². The highest BCUT2D eigenvalue weighted by molar-refractivity contribution is 7.10. The molecule has 4 rings (SSSR count). The molecule has 1 heterocycles. The molecular formula is C30H36N2O6S. The van der Waals surface area contributed by atoms with Crippen molar-refractivity contribution in [3.63, 3.8) is 0 Å². The zero-order valence-corrected chi connectivity index (χ0v) is 23.7. The van der Waals surface area contributed by atoms with Gasteiger partial charge in [-0.3, -0.25) is 14.5 Å². The van der Waals surface area contributed by atoms with Gasteiger partial charge in [0, 0.05) is 22.7 Å². The number of methoxy groups -OCH3 is 4. The fourth-order valence-corrected chi connectivity index (χ4v) is 5.74. The number of anilines is 1. The molecule has 0 aliphatic heterocycles. The fourth-order valence-electron chi connectivity index (χ4n) is 5.05. The second-order valence-electron chi connectivity index (χ2n) is 9.43. The van der Waals surface area contributed by atoms with E-state index in [0.717, 1.165) is 37.0 Å². The van der Waals surface area contributed by atoms with E-state index in [2.05, 4.69) is 5.32 Å². The largest absolute Gasteiger partial charge is 0.497 e. The first-order chi connectivity index (χ1) is 19.0. The summed E-state index contributed by atoms with van der Waals surface area (Å²) < 4.78 is 22.2. The minimum Gasteiger partial charge on any atom is -0.497 e. The summed E-state index contributed by atoms with van der Waals surface area (Å²) >= 11 is 1.50. The molecule has 1 atom stereocenters. The van der Waals surface area contributed by atoms with E-state index in [-0.39, 0.29) is 24.3 Å². The van der Waals surface area contributed by atoms with Crippen molar-refractivity contribution in [1.29, 1.82) is 0 Å². The Balaban J connectivity index is 1.87. The van der Waals surface area contributed by atoms with Crippen LogP contribution in [0.25, 0.3) is 0 Å². The van der Waals surface area contributed by atoms with Gasteiger partial charge in [0.1, 0.15) is 11.8 Å². The topological polar surface area (TPSA) is 86.3 Å². The standard InChI is InChI=1S/C30H36N2O6S/c1-35-23-13-8-12-22(18-23)32(27(33)19-24-14-9-15-39-24)28(30(34)31-21-10-6-5-7-11-21)20-16-25(36-2)29(38-4)26(17-20)37-3/h8-9,12-18,21,28H,5-7,10-11,19H2,1-4H3,(H,31,34). The molecule has 208 valence electrons. The lowest BCUT2D eigenvalue weighted by Crippen LogP contribution is -2.47. The van der Waals surface area contributed by atoms with Crippen LogP contribution in [0, 0.1) is 0 Å². The summed E-state index contributed by atoms with van der Waals surface area (Å²) in [5, 5.41) is 5.17. The monoisotopic (exact) mass is 552 g/mol. The molecule has 2 aromatic carbocycles. The van der Waals surface area contributed by atoms with Gasteiger partial charge in [-0.05, 0) is 54.1 Å². The van der Waals surface area contributed by atoms with Crippen molar-refractivity contribution in [3.8, 4) is 23.0 Å². The highest BCUT2D eigenvalue weighted by atomic mass is 32.1. The Kier molecular flexibility index (Phi) is 9.70. The van der Waals surface area contributed by atoms with Crippen molar-refractivity contribution in [3.05, 3.63) is 64.4 Å². The number of ether oxygens (including phenoxy) is 4. The van der Waals surface area contributed by atoms with E-state index in [4.69, 9.17) is 18.9 Å². The van der Waals surface area contributed by atoms with Gasteiger partial charge in [0.05, 0.1) is 34.9 Å². The summed E-state index contributed by atoms with van der Waals surface area (Å²) in [4.78, 5) is 30.7. The SMILES string of the molecule is COc1cccc(N(C(=O)Cc2cccs2)C(C(=O)NC2CCCCC2)c2cc(OC)c(OC)c(OC)c2)c1. The van der Waals surface area contributed by atoms with Gasteiger partial charge in [-0.25, -0.2) is 0 Å². The van der Waals surface area contributed by atoms with E-state index >= 15 is 0 Å². The highest BCUT2D eigenvalue weighted by Gasteiger charge is 2.36. The average Bonchev–Trinajstić information content (AvgIpc) is 3.48. The smallest absolute Gasteiger partial charge is 0.248 e. The van der Waals surface area contributed by atoms with Crippen LogP contribution >= 0.6 is 11.3 Å². The zero-order chi connectivity index (χ0) is 27.8. The second-order valence-corrected chi connectivity index (χ2v) is 10.5. The Morgan fingerprint density at radius 3 is 2.23 bits per heavy atom. The third-order valence-electron chi connectivity index (χ3n) is 6.97. The molecule has 1 unspecified atom stereocenters. The van der Waals surface area contributed by atoms with Crippen LogP contribution in [0.1, 0.15) is 48.6 Å². The van der Waals surface area contributed by atoms with E-state index in [1.54, 1.807) is 30.2 Å². The first-order valence-electron chi connectivity index (χ1n) is 13.1. The second kappa shape index (κ2) is 13.4. The number of hydrogen-bond donors (Lipinski definition) is 1. The minimum absolute atomic E-state index is 0.0512. The number of carbonyl (C=O) groups excluding carboxylic acids is 2. The van der Waals surface area contributed by atoms with Crippen molar-refractivity contribution < 1.29 is 28.5 Å². The van der Waals surface area contributed by atoms with Crippen LogP contribution in [-0.4, -0.2) is 46.3 Å². The quantitative estimate of drug-likeness (QED) is 0.336. The molecule has 2 amide bonds. The van der Waals surface area contributed by atoms with E-state index in [1.807, 2.05) is 35.7 Å². The molecule has 1 N–H and O–H groups in total. The molecular weight excluding hydrogens is 516 g/mol. The molecule has 1 saturated carbocycles. The Morgan fingerprint density at radius 1 is 0.923 bits per heavy atom. The molecule has 9 heteroatoms. The van der Waals surface area contributed by atoms with Crippen LogP contribution in [-0.2, 0) is 16.0 Å². The maximum Gasteiger partial charge on any atom is 0.248 e. The van der Waals surface area contributed by atoms with Crippen LogP contribution in [0.4, 0.5) is 5.69 Å². The predicted molar refractivity (Wildman–Crippen MR) is 152 cm³/mol. The summed E-state index contributed by atoms with van der Waals surface area (Å²) in [7, 11) is 6.16. The predicted octanol–water partition coefficient (Wildman–Crippen LogP) is 5.55. The van der Waals surface area contributed by atoms with E-state index in [0.29, 0.717) is 34.2 Å². The highest BCUT2D eigenvalue weighted by Crippen LogP contribution is 2.42. The van der Waals surface area contributed by atoms with Crippen molar-refractivity contribution in [1.82, 2.24) is 5.32 Å². The van der Waals surface area contributed by atoms with E-state index in [9.17, 15) is 9.59 Å². The summed E-state index contributed by atoms with van der Waals surface area (Å²) in [5.74, 6) is 1.31. The Hall–Kier alpha value is -3.72. The van der Waals surface area contributed by atoms with Crippen molar-refractivity contribution in [2.24, 2.45) is 0 Å². The van der Waals surface area contributed by atoms with E-state index in [1.165, 1.54) is 32.7 Å². The number of rotatable bonds is 11. The average molecular weight is 553 g/mol. The Bertz CT molecular complexity index is 1230. The van der Waals surface area contributed by atoms with Crippen LogP contribution in [0.15, 0.2) is 53.9 Å². The van der Waals surface area contributed by atoms with Crippen molar-refractivity contribution in [2.75, 3.05) is 33.3 Å². The lowest BCUT2D eigenvalue weighted by Gasteiger charge is -2.34. The van der Waals surface area contributed by atoms with Gasteiger partial charge in [0.15, 0.2) is 11.5 Å². The van der Waals surface area contributed by atoms with Crippen LogP contribution in [0.5, 0.6) is 23.0 Å². The number of hydrogen-bond acceptors (Lipinski definition) is 7. The normalized spacial score (nSPS) is 14.3. The van der Waals surface area contributed by atoms with Gasteiger partial charge < -0.3 is 24.3 Å². The molecule has 1 aliphatic rings. The summed E-state index contributed by atoms with van der Waals surface area (Å²) in [6, 6.07) is 13.6. The Morgan fingerprint density at radius 2 is 1.64 bits per heavy atom. The molecule has 0 spiro atoms. The third-order valence-corrected chi connectivity index (χ3v) is 7.84. The fraction of sp³-hybridized carbons (Fsp3) is 0.400. The van der Waals surface area contributed by atoms with Crippen LogP contribution in [0.3, 0.4) is 0 Å². The molecule has 3 aromatic rings. The number of nitrogens with zero attached hydrogens (tertiary/aromatic N) is 1. The minimum atomic E-state index is -1.000.